The lowest BCUT2D eigenvalue weighted by Crippen LogP contribution is -2.08. The summed E-state index contributed by atoms with van der Waals surface area (Å²) in [6.07, 6.45) is 0. The van der Waals surface area contributed by atoms with E-state index in [1.54, 1.807) is 0 Å². The molecule has 0 fully saturated rings. The molecule has 0 saturated carbocycles. The molecule has 1 atom stereocenters. The first-order valence-electron chi connectivity index (χ1n) is 5.33. The number of nitrogens with two attached hydrogens (primary N) is 1. The second-order valence-corrected chi connectivity index (χ2v) is 5.66. The van der Waals surface area contributed by atoms with Gasteiger partial charge in [-0.25, -0.2) is 9.37 Å². The maximum absolute atomic E-state index is 13.4. The standard InChI is InChI=1S/C12H11Cl2FN2S/c1-6(4-16)12-17-11(5-18-12)7-2-10(15)9(14)3-8(7)13/h2-3,5-6H,4,16H2,1H3. The van der Waals surface area contributed by atoms with Crippen molar-refractivity contribution in [2.24, 2.45) is 5.73 Å². The van der Waals surface area contributed by atoms with Crippen LogP contribution in [0.1, 0.15) is 17.8 Å². The fourth-order valence-electron chi connectivity index (χ4n) is 1.46. The molecule has 2 N–H and O–H groups in total. The van der Waals surface area contributed by atoms with Crippen molar-refractivity contribution in [2.75, 3.05) is 6.54 Å². The maximum Gasteiger partial charge on any atom is 0.142 e. The number of halogens is 3. The molecule has 0 bridgehead atoms. The van der Waals surface area contributed by atoms with Gasteiger partial charge in [-0.2, -0.15) is 0 Å². The highest BCUT2D eigenvalue weighted by Gasteiger charge is 2.14. The molecule has 1 aromatic heterocycles. The predicted molar refractivity (Wildman–Crippen MR) is 75.0 cm³/mol. The first kappa shape index (κ1) is 13.7. The minimum Gasteiger partial charge on any atom is -0.330 e. The lowest BCUT2D eigenvalue weighted by molar-refractivity contribution is 0.628. The lowest BCUT2D eigenvalue weighted by atomic mass is 10.1. The smallest absolute Gasteiger partial charge is 0.142 e. The van der Waals surface area contributed by atoms with Crippen molar-refractivity contribution in [1.29, 1.82) is 0 Å². The quantitative estimate of drug-likeness (QED) is 0.858. The zero-order valence-corrected chi connectivity index (χ0v) is 11.9. The van der Waals surface area contributed by atoms with Crippen molar-refractivity contribution in [3.8, 4) is 11.3 Å². The highest BCUT2D eigenvalue weighted by atomic mass is 35.5. The molecule has 0 amide bonds. The Kier molecular flexibility index (Phi) is 4.22. The number of nitrogens with zero attached hydrogens (tertiary/aromatic N) is 1. The van der Waals surface area contributed by atoms with E-state index in [1.807, 2.05) is 12.3 Å². The average molecular weight is 305 g/mol. The summed E-state index contributed by atoms with van der Waals surface area (Å²) in [5.41, 5.74) is 6.78. The second kappa shape index (κ2) is 5.53. The molecule has 0 aliphatic carbocycles. The van der Waals surface area contributed by atoms with Gasteiger partial charge in [-0.1, -0.05) is 30.1 Å². The van der Waals surface area contributed by atoms with Crippen molar-refractivity contribution in [3.05, 3.63) is 38.4 Å². The summed E-state index contributed by atoms with van der Waals surface area (Å²) in [5, 5.41) is 3.16. The summed E-state index contributed by atoms with van der Waals surface area (Å²) in [6.45, 7) is 2.52. The summed E-state index contributed by atoms with van der Waals surface area (Å²) >= 11 is 13.2. The maximum atomic E-state index is 13.4. The van der Waals surface area contributed by atoms with Gasteiger partial charge < -0.3 is 5.73 Å². The van der Waals surface area contributed by atoms with Crippen LogP contribution in [-0.2, 0) is 0 Å². The van der Waals surface area contributed by atoms with Crippen LogP contribution in [0.3, 0.4) is 0 Å². The summed E-state index contributed by atoms with van der Waals surface area (Å²) in [4.78, 5) is 4.43. The van der Waals surface area contributed by atoms with Crippen molar-refractivity contribution in [2.45, 2.75) is 12.8 Å². The van der Waals surface area contributed by atoms with Crippen LogP contribution < -0.4 is 5.73 Å². The summed E-state index contributed by atoms with van der Waals surface area (Å²) < 4.78 is 13.4. The molecule has 18 heavy (non-hydrogen) atoms. The molecule has 6 heteroatoms. The Morgan fingerprint density at radius 1 is 1.39 bits per heavy atom. The van der Waals surface area contributed by atoms with Crippen LogP contribution in [0.2, 0.25) is 10.0 Å². The fourth-order valence-corrected chi connectivity index (χ4v) is 2.83. The number of benzene rings is 1. The van der Waals surface area contributed by atoms with Gasteiger partial charge in [0, 0.05) is 23.4 Å². The molecule has 0 radical (unpaired) electrons. The third-order valence-electron chi connectivity index (χ3n) is 2.58. The van der Waals surface area contributed by atoms with Crippen LogP contribution in [0.15, 0.2) is 17.5 Å². The molecule has 1 unspecified atom stereocenters. The number of rotatable bonds is 3. The highest BCUT2D eigenvalue weighted by Crippen LogP contribution is 2.33. The molecular weight excluding hydrogens is 294 g/mol. The number of hydrogen-bond donors (Lipinski definition) is 1. The van der Waals surface area contributed by atoms with Crippen molar-refractivity contribution >= 4 is 34.5 Å². The monoisotopic (exact) mass is 304 g/mol. The Hall–Kier alpha value is -0.680. The van der Waals surface area contributed by atoms with Crippen LogP contribution in [-0.4, -0.2) is 11.5 Å². The molecule has 2 rings (SSSR count). The first-order chi connectivity index (χ1) is 8.52. The molecular formula is C12H11Cl2FN2S. The van der Waals surface area contributed by atoms with E-state index in [-0.39, 0.29) is 10.9 Å². The predicted octanol–water partition coefficient (Wildman–Crippen LogP) is 4.32. The molecule has 96 valence electrons. The van der Waals surface area contributed by atoms with Crippen LogP contribution in [0, 0.1) is 5.82 Å². The lowest BCUT2D eigenvalue weighted by Gasteiger charge is -2.04. The van der Waals surface area contributed by atoms with E-state index in [0.717, 1.165) is 5.01 Å². The van der Waals surface area contributed by atoms with E-state index >= 15 is 0 Å². The zero-order valence-electron chi connectivity index (χ0n) is 9.58. The van der Waals surface area contributed by atoms with Gasteiger partial charge in [-0.15, -0.1) is 11.3 Å². The summed E-state index contributed by atoms with van der Waals surface area (Å²) in [5.74, 6) is -0.322. The molecule has 0 aliphatic heterocycles. The molecule has 0 saturated heterocycles. The number of thiazole rings is 1. The normalized spacial score (nSPS) is 12.7. The molecule has 0 aliphatic rings. The largest absolute Gasteiger partial charge is 0.330 e. The number of hydrogen-bond acceptors (Lipinski definition) is 3. The van der Waals surface area contributed by atoms with Gasteiger partial charge in [0.2, 0.25) is 0 Å². The van der Waals surface area contributed by atoms with Gasteiger partial charge in [0.15, 0.2) is 0 Å². The van der Waals surface area contributed by atoms with Crippen molar-refractivity contribution in [1.82, 2.24) is 4.98 Å². The second-order valence-electron chi connectivity index (χ2n) is 3.95. The Morgan fingerprint density at radius 3 is 2.78 bits per heavy atom. The van der Waals surface area contributed by atoms with E-state index in [2.05, 4.69) is 4.98 Å². The molecule has 0 spiro atoms. The van der Waals surface area contributed by atoms with Crippen LogP contribution >= 0.6 is 34.5 Å². The van der Waals surface area contributed by atoms with Crippen molar-refractivity contribution in [3.63, 3.8) is 0 Å². The highest BCUT2D eigenvalue weighted by molar-refractivity contribution is 7.10. The average Bonchev–Trinajstić information content (AvgIpc) is 2.82. The minimum absolute atomic E-state index is 0.00882. The third kappa shape index (κ3) is 2.67. The zero-order chi connectivity index (χ0) is 13.3. The van der Waals surface area contributed by atoms with Gasteiger partial charge in [0.25, 0.3) is 0 Å². The SMILES string of the molecule is CC(CN)c1nc(-c2cc(F)c(Cl)cc2Cl)cs1. The number of aromatic nitrogens is 1. The Bertz CT molecular complexity index is 571. The minimum atomic E-state index is -0.502. The molecule has 1 aromatic carbocycles. The Balaban J connectivity index is 2.43. The third-order valence-corrected chi connectivity index (χ3v) is 4.26. The summed E-state index contributed by atoms with van der Waals surface area (Å²) in [6, 6.07) is 2.69. The fraction of sp³-hybridized carbons (Fsp3) is 0.250. The van der Waals surface area contributed by atoms with Crippen molar-refractivity contribution < 1.29 is 4.39 Å². The molecule has 2 nitrogen and oxygen atoms in total. The Morgan fingerprint density at radius 2 is 2.11 bits per heavy atom. The van der Waals surface area contributed by atoms with E-state index in [4.69, 9.17) is 28.9 Å². The van der Waals surface area contributed by atoms with E-state index in [1.165, 1.54) is 23.5 Å². The van der Waals surface area contributed by atoms with Gasteiger partial charge in [0.05, 0.1) is 20.7 Å². The first-order valence-corrected chi connectivity index (χ1v) is 6.97. The van der Waals surface area contributed by atoms with E-state index < -0.39 is 5.82 Å². The van der Waals surface area contributed by atoms with Gasteiger partial charge >= 0.3 is 0 Å². The topological polar surface area (TPSA) is 38.9 Å². The van der Waals surface area contributed by atoms with Gasteiger partial charge in [-0.3, -0.25) is 0 Å². The summed E-state index contributed by atoms with van der Waals surface area (Å²) in [7, 11) is 0. The van der Waals surface area contributed by atoms with Crippen LogP contribution in [0.5, 0.6) is 0 Å². The molecule has 1 heterocycles. The van der Waals surface area contributed by atoms with Crippen LogP contribution in [0.4, 0.5) is 4.39 Å². The van der Waals surface area contributed by atoms with Crippen LogP contribution in [0.25, 0.3) is 11.3 Å². The Labute approximate surface area is 119 Å². The molecule has 2 aromatic rings. The van der Waals surface area contributed by atoms with Gasteiger partial charge in [0.1, 0.15) is 5.82 Å². The van der Waals surface area contributed by atoms with E-state index in [0.29, 0.717) is 22.8 Å². The van der Waals surface area contributed by atoms with Gasteiger partial charge in [-0.05, 0) is 12.1 Å². The van der Waals surface area contributed by atoms with E-state index in [9.17, 15) is 4.39 Å².